The topological polar surface area (TPSA) is 76.1 Å². The summed E-state index contributed by atoms with van der Waals surface area (Å²) in [6, 6.07) is 5.74. The Morgan fingerprint density at radius 1 is 1.22 bits per heavy atom. The third-order valence-corrected chi connectivity index (χ3v) is 5.79. The Balaban J connectivity index is 1.78. The van der Waals surface area contributed by atoms with Gasteiger partial charge >= 0.3 is 13.1 Å². The molecule has 0 atom stereocenters. The van der Waals surface area contributed by atoms with Gasteiger partial charge in [-0.15, -0.1) is 0 Å². The highest BCUT2D eigenvalue weighted by molar-refractivity contribution is 6.62. The van der Waals surface area contributed by atoms with Crippen LogP contribution in [0.1, 0.15) is 63.9 Å². The molecule has 0 radical (unpaired) electrons. The summed E-state index contributed by atoms with van der Waals surface area (Å²) < 4.78 is 12.2. The van der Waals surface area contributed by atoms with Crippen LogP contribution in [0.25, 0.3) is 0 Å². The largest absolute Gasteiger partial charge is 0.494 e. The molecule has 1 aromatic carbocycles. The molecule has 2 aliphatic rings. The number of carboxylic acid groups (broad SMARTS) is 1. The summed E-state index contributed by atoms with van der Waals surface area (Å²) in [5.41, 5.74) is 1.06. The molecular formula is C20H28BNO5. The molecule has 7 heteroatoms. The van der Waals surface area contributed by atoms with Crippen molar-refractivity contribution in [3.8, 4) is 0 Å². The molecule has 0 bridgehead atoms. The quantitative estimate of drug-likeness (QED) is 0.803. The second kappa shape index (κ2) is 6.35. The molecule has 6 nitrogen and oxygen atoms in total. The van der Waals surface area contributed by atoms with Gasteiger partial charge in [-0.05, 0) is 50.2 Å². The lowest BCUT2D eigenvalue weighted by molar-refractivity contribution is -0.139. The minimum Gasteiger partial charge on any atom is -0.481 e. The first kappa shape index (κ1) is 19.9. The highest BCUT2D eigenvalue weighted by atomic mass is 16.7. The summed E-state index contributed by atoms with van der Waals surface area (Å²) in [5, 5.41) is 9.07. The molecule has 2 heterocycles. The van der Waals surface area contributed by atoms with Gasteiger partial charge in [0, 0.05) is 18.7 Å². The molecule has 27 heavy (non-hydrogen) atoms. The number of nitrogens with zero attached hydrogens (tertiary/aromatic N) is 1. The van der Waals surface area contributed by atoms with E-state index in [2.05, 4.69) is 0 Å². The van der Waals surface area contributed by atoms with E-state index in [-0.39, 0.29) is 12.3 Å². The first-order valence-corrected chi connectivity index (χ1v) is 9.31. The lowest BCUT2D eigenvalue weighted by atomic mass is 9.78. The van der Waals surface area contributed by atoms with Gasteiger partial charge in [0.1, 0.15) is 0 Å². The first-order valence-electron chi connectivity index (χ1n) is 9.31. The maximum absolute atomic E-state index is 12.9. The van der Waals surface area contributed by atoms with Crippen molar-refractivity contribution in [1.82, 2.24) is 4.90 Å². The van der Waals surface area contributed by atoms with E-state index in [4.69, 9.17) is 14.4 Å². The van der Waals surface area contributed by atoms with Gasteiger partial charge in [-0.1, -0.05) is 26.0 Å². The molecule has 1 amide bonds. The molecule has 0 aromatic heterocycles. The number of carboxylic acids is 1. The minimum absolute atomic E-state index is 0.0201. The van der Waals surface area contributed by atoms with Crippen LogP contribution in [-0.4, -0.2) is 46.7 Å². The van der Waals surface area contributed by atoms with E-state index in [9.17, 15) is 9.59 Å². The molecule has 0 unspecified atom stereocenters. The van der Waals surface area contributed by atoms with Crippen molar-refractivity contribution in [2.24, 2.45) is 5.41 Å². The minimum atomic E-state index is -0.854. The van der Waals surface area contributed by atoms with Gasteiger partial charge in [-0.25, -0.2) is 0 Å². The zero-order chi connectivity index (χ0) is 20.2. The van der Waals surface area contributed by atoms with Crippen LogP contribution in [0.15, 0.2) is 18.2 Å². The average molecular weight is 373 g/mol. The van der Waals surface area contributed by atoms with Crippen LogP contribution in [0.3, 0.4) is 0 Å². The van der Waals surface area contributed by atoms with Crippen molar-refractivity contribution in [2.75, 3.05) is 6.54 Å². The number of carbonyl (C=O) groups excluding carboxylic acids is 1. The SMILES string of the molecule is CC(C)(CC(=O)O)CN1Cc2ccc(B3OC(C)(C)C(C)(C)O3)cc2C1=O. The third kappa shape index (κ3) is 3.76. The molecule has 3 rings (SSSR count). The van der Waals surface area contributed by atoms with Crippen LogP contribution in [0.2, 0.25) is 0 Å². The van der Waals surface area contributed by atoms with E-state index in [1.54, 1.807) is 4.90 Å². The summed E-state index contributed by atoms with van der Waals surface area (Å²) in [6.07, 6.45) is 0.0201. The standard InChI is InChI=1S/C20H28BNO5/c1-18(2,10-16(23)24)12-22-11-13-7-8-14(9-15(13)17(22)25)21-26-19(3,4)20(5,6)27-21/h7-9H,10-12H2,1-6H3,(H,23,24). The van der Waals surface area contributed by atoms with E-state index in [1.807, 2.05) is 59.7 Å². The Kier molecular flexibility index (Phi) is 4.68. The van der Waals surface area contributed by atoms with Crippen LogP contribution in [-0.2, 0) is 20.6 Å². The molecule has 2 aliphatic heterocycles. The van der Waals surface area contributed by atoms with Crippen molar-refractivity contribution in [1.29, 1.82) is 0 Å². The fraction of sp³-hybridized carbons (Fsp3) is 0.600. The molecule has 1 saturated heterocycles. The Hall–Kier alpha value is -1.86. The summed E-state index contributed by atoms with van der Waals surface area (Å²) in [4.78, 5) is 25.7. The summed E-state index contributed by atoms with van der Waals surface area (Å²) >= 11 is 0. The molecule has 0 saturated carbocycles. The maximum Gasteiger partial charge on any atom is 0.494 e. The third-order valence-electron chi connectivity index (χ3n) is 5.79. The fourth-order valence-electron chi connectivity index (χ4n) is 3.61. The number of hydrogen-bond acceptors (Lipinski definition) is 4. The van der Waals surface area contributed by atoms with Crippen LogP contribution >= 0.6 is 0 Å². The van der Waals surface area contributed by atoms with E-state index in [0.29, 0.717) is 18.7 Å². The molecule has 1 N–H and O–H groups in total. The molecule has 1 fully saturated rings. The van der Waals surface area contributed by atoms with Crippen LogP contribution in [0.4, 0.5) is 0 Å². The van der Waals surface area contributed by atoms with Crippen molar-refractivity contribution in [2.45, 2.75) is 65.7 Å². The highest BCUT2D eigenvalue weighted by Gasteiger charge is 2.52. The Morgan fingerprint density at radius 2 is 1.81 bits per heavy atom. The van der Waals surface area contributed by atoms with Crippen molar-refractivity contribution < 1.29 is 24.0 Å². The Morgan fingerprint density at radius 3 is 2.37 bits per heavy atom. The molecule has 146 valence electrons. The normalized spacial score (nSPS) is 20.9. The van der Waals surface area contributed by atoms with Gasteiger partial charge in [-0.3, -0.25) is 9.59 Å². The highest BCUT2D eigenvalue weighted by Crippen LogP contribution is 2.37. The predicted molar refractivity (Wildman–Crippen MR) is 103 cm³/mol. The molecular weight excluding hydrogens is 345 g/mol. The number of aliphatic carboxylic acids is 1. The maximum atomic E-state index is 12.9. The summed E-state index contributed by atoms with van der Waals surface area (Å²) in [5.74, 6) is -0.922. The van der Waals surface area contributed by atoms with E-state index < -0.39 is 29.7 Å². The Bertz CT molecular complexity index is 771. The van der Waals surface area contributed by atoms with Gasteiger partial charge in [0.25, 0.3) is 5.91 Å². The predicted octanol–water partition coefficient (Wildman–Crippen LogP) is 2.44. The van der Waals surface area contributed by atoms with Gasteiger partial charge in [0.2, 0.25) is 0 Å². The number of rotatable bonds is 5. The average Bonchev–Trinajstić information content (AvgIpc) is 2.91. The van der Waals surface area contributed by atoms with E-state index >= 15 is 0 Å². The zero-order valence-corrected chi connectivity index (χ0v) is 17.0. The smallest absolute Gasteiger partial charge is 0.481 e. The molecule has 0 spiro atoms. The number of hydrogen-bond donors (Lipinski definition) is 1. The second-order valence-electron chi connectivity index (χ2n) is 9.40. The lowest BCUT2D eigenvalue weighted by Crippen LogP contribution is -2.41. The van der Waals surface area contributed by atoms with Gasteiger partial charge in [-0.2, -0.15) is 0 Å². The summed E-state index contributed by atoms with van der Waals surface area (Å²) in [6.45, 7) is 12.6. The fourth-order valence-corrected chi connectivity index (χ4v) is 3.61. The number of fused-ring (bicyclic) bond motifs is 1. The lowest BCUT2D eigenvalue weighted by Gasteiger charge is -2.32. The summed E-state index contributed by atoms with van der Waals surface area (Å²) in [7, 11) is -0.509. The number of carbonyl (C=O) groups is 2. The first-order chi connectivity index (χ1) is 12.3. The second-order valence-corrected chi connectivity index (χ2v) is 9.40. The monoisotopic (exact) mass is 373 g/mol. The zero-order valence-electron chi connectivity index (χ0n) is 17.0. The molecule has 1 aromatic rings. The van der Waals surface area contributed by atoms with Crippen molar-refractivity contribution in [3.63, 3.8) is 0 Å². The van der Waals surface area contributed by atoms with Gasteiger partial charge < -0.3 is 19.3 Å². The van der Waals surface area contributed by atoms with Gasteiger partial charge in [0.05, 0.1) is 17.6 Å². The number of amides is 1. The van der Waals surface area contributed by atoms with Crippen molar-refractivity contribution >= 4 is 24.5 Å². The van der Waals surface area contributed by atoms with E-state index in [1.165, 1.54) is 0 Å². The van der Waals surface area contributed by atoms with E-state index in [0.717, 1.165) is 11.0 Å². The van der Waals surface area contributed by atoms with Gasteiger partial charge in [0.15, 0.2) is 0 Å². The van der Waals surface area contributed by atoms with Crippen LogP contribution in [0, 0.1) is 5.41 Å². The molecule has 0 aliphatic carbocycles. The number of benzene rings is 1. The Labute approximate surface area is 161 Å². The van der Waals surface area contributed by atoms with Crippen molar-refractivity contribution in [3.05, 3.63) is 29.3 Å². The van der Waals surface area contributed by atoms with Crippen LogP contribution < -0.4 is 5.46 Å². The van der Waals surface area contributed by atoms with Crippen LogP contribution in [0.5, 0.6) is 0 Å².